The lowest BCUT2D eigenvalue weighted by Crippen LogP contribution is -2.12. The summed E-state index contributed by atoms with van der Waals surface area (Å²) in [5.41, 5.74) is 3.02. The molecule has 0 atom stereocenters. The van der Waals surface area contributed by atoms with Crippen LogP contribution in [0, 0.1) is 17.0 Å². The van der Waals surface area contributed by atoms with Gasteiger partial charge in [-0.15, -0.1) is 0 Å². The quantitative estimate of drug-likeness (QED) is 0.199. The fraction of sp³-hybridized carbons (Fsp3) is 0.208. The van der Waals surface area contributed by atoms with Crippen molar-refractivity contribution in [3.63, 3.8) is 0 Å². The van der Waals surface area contributed by atoms with Crippen molar-refractivity contribution in [1.82, 2.24) is 19.3 Å². The van der Waals surface area contributed by atoms with Crippen LogP contribution >= 0.6 is 11.6 Å². The molecule has 0 saturated heterocycles. The first kappa shape index (κ1) is 23.2. The van der Waals surface area contributed by atoms with Gasteiger partial charge in [0.15, 0.2) is 11.5 Å². The Morgan fingerprint density at radius 2 is 1.85 bits per heavy atom. The number of nitro groups is 1. The zero-order valence-electron chi connectivity index (χ0n) is 18.6. The maximum absolute atomic E-state index is 12.9. The molecule has 0 bridgehead atoms. The van der Waals surface area contributed by atoms with E-state index in [0.29, 0.717) is 22.1 Å². The van der Waals surface area contributed by atoms with Gasteiger partial charge in [-0.2, -0.15) is 5.10 Å². The number of aromatic nitrogens is 4. The minimum atomic E-state index is -0.556. The summed E-state index contributed by atoms with van der Waals surface area (Å²) in [6.07, 6.45) is 1.52. The number of carbonyl (C=O) groups is 1. The second kappa shape index (κ2) is 9.88. The van der Waals surface area contributed by atoms with Gasteiger partial charge < -0.3 is 14.9 Å². The zero-order valence-corrected chi connectivity index (χ0v) is 19.4. The van der Waals surface area contributed by atoms with Crippen molar-refractivity contribution in [2.75, 3.05) is 6.61 Å². The number of aryl methyl sites for hydroxylation is 1. The molecule has 2 aromatic heterocycles. The smallest absolute Gasteiger partial charge is 0.359 e. The van der Waals surface area contributed by atoms with Gasteiger partial charge in [-0.3, -0.25) is 0 Å². The Morgan fingerprint density at radius 1 is 1.15 bits per heavy atom. The van der Waals surface area contributed by atoms with Gasteiger partial charge in [0.25, 0.3) is 0 Å². The molecule has 0 unspecified atom stereocenters. The largest absolute Gasteiger partial charge is 0.461 e. The average molecular weight is 480 g/mol. The van der Waals surface area contributed by atoms with Crippen LogP contribution in [0.3, 0.4) is 0 Å². The lowest BCUT2D eigenvalue weighted by Gasteiger charge is -2.11. The number of para-hydroxylation sites is 1. The van der Waals surface area contributed by atoms with Crippen LogP contribution in [0.2, 0.25) is 5.02 Å². The topological polar surface area (TPSA) is 105 Å². The molecular formula is C24H22ClN5O4. The lowest BCUT2D eigenvalue weighted by molar-refractivity contribution is -0.392. The number of halogens is 1. The number of rotatable bonds is 8. The van der Waals surface area contributed by atoms with Crippen LogP contribution in [-0.4, -0.2) is 36.8 Å². The predicted molar refractivity (Wildman–Crippen MR) is 127 cm³/mol. The molecule has 0 radical (unpaired) electrons. The van der Waals surface area contributed by atoms with Gasteiger partial charge in [0.1, 0.15) is 6.20 Å². The first-order valence-electron chi connectivity index (χ1n) is 10.7. The minimum absolute atomic E-state index is 0.112. The zero-order chi connectivity index (χ0) is 24.2. The van der Waals surface area contributed by atoms with Crippen LogP contribution in [0.1, 0.15) is 28.8 Å². The van der Waals surface area contributed by atoms with E-state index in [9.17, 15) is 14.9 Å². The van der Waals surface area contributed by atoms with E-state index in [1.807, 2.05) is 42.5 Å². The van der Waals surface area contributed by atoms with E-state index in [-0.39, 0.29) is 31.1 Å². The normalized spacial score (nSPS) is 10.9. The number of ether oxygens (including phenoxy) is 1. The Kier molecular flexibility index (Phi) is 6.74. The molecule has 0 aliphatic heterocycles. The third-order valence-electron chi connectivity index (χ3n) is 5.38. The number of carbonyl (C=O) groups excluding carboxylic acids is 1. The molecule has 174 valence electrons. The number of benzene rings is 2. The van der Waals surface area contributed by atoms with Crippen LogP contribution in [0.15, 0.2) is 60.8 Å². The van der Waals surface area contributed by atoms with E-state index < -0.39 is 10.9 Å². The second-order valence-electron chi connectivity index (χ2n) is 7.47. The van der Waals surface area contributed by atoms with Gasteiger partial charge in [0.2, 0.25) is 0 Å². The van der Waals surface area contributed by atoms with E-state index in [4.69, 9.17) is 16.3 Å². The Labute approximate surface area is 200 Å². The molecule has 0 amide bonds. The molecule has 0 saturated carbocycles. The summed E-state index contributed by atoms with van der Waals surface area (Å²) in [6, 6.07) is 16.6. The first-order valence-corrected chi connectivity index (χ1v) is 11.1. The van der Waals surface area contributed by atoms with Crippen molar-refractivity contribution in [3.05, 3.63) is 93.0 Å². The van der Waals surface area contributed by atoms with E-state index in [0.717, 1.165) is 11.3 Å². The molecule has 4 aromatic rings. The van der Waals surface area contributed by atoms with Crippen LogP contribution in [0.25, 0.3) is 16.9 Å². The summed E-state index contributed by atoms with van der Waals surface area (Å²) in [5.74, 6) is -0.161. The molecule has 4 rings (SSSR count). The fourth-order valence-electron chi connectivity index (χ4n) is 3.81. The van der Waals surface area contributed by atoms with Gasteiger partial charge in [-0.05, 0) is 36.1 Å². The number of esters is 1. The third kappa shape index (κ3) is 4.55. The van der Waals surface area contributed by atoms with Crippen LogP contribution in [0.4, 0.5) is 5.82 Å². The van der Waals surface area contributed by atoms with Gasteiger partial charge >= 0.3 is 11.8 Å². The highest BCUT2D eigenvalue weighted by molar-refractivity contribution is 6.30. The lowest BCUT2D eigenvalue weighted by atomic mass is 10.0. The molecule has 0 fully saturated rings. The molecule has 2 aromatic carbocycles. The predicted octanol–water partition coefficient (Wildman–Crippen LogP) is 5.03. The highest BCUT2D eigenvalue weighted by Gasteiger charge is 2.27. The molecule has 10 heteroatoms. The molecular weight excluding hydrogens is 458 g/mol. The number of nitrogens with zero attached hydrogens (tertiary/aromatic N) is 5. The van der Waals surface area contributed by atoms with Crippen molar-refractivity contribution < 1.29 is 14.5 Å². The summed E-state index contributed by atoms with van der Waals surface area (Å²) in [4.78, 5) is 28.0. The minimum Gasteiger partial charge on any atom is -0.461 e. The van der Waals surface area contributed by atoms with Crippen LogP contribution in [-0.2, 0) is 17.7 Å². The van der Waals surface area contributed by atoms with E-state index in [1.165, 1.54) is 10.8 Å². The van der Waals surface area contributed by atoms with E-state index in [2.05, 4.69) is 10.1 Å². The molecule has 0 N–H and O–H groups in total. The fourth-order valence-corrected chi connectivity index (χ4v) is 3.94. The van der Waals surface area contributed by atoms with Crippen molar-refractivity contribution in [2.45, 2.75) is 26.8 Å². The first-order chi connectivity index (χ1) is 16.4. The van der Waals surface area contributed by atoms with E-state index >= 15 is 0 Å². The SMILES string of the molecule is CCOC(=O)c1nn(-c2ccccc2)c(-c2ccc(Cl)cc2)c1CCn1c([N+](=O)[O-])cnc1C. The highest BCUT2D eigenvalue weighted by Crippen LogP contribution is 2.32. The summed E-state index contributed by atoms with van der Waals surface area (Å²) < 4.78 is 8.50. The molecule has 0 spiro atoms. The van der Waals surface area contributed by atoms with Gasteiger partial charge in [-0.1, -0.05) is 41.9 Å². The van der Waals surface area contributed by atoms with E-state index in [1.54, 1.807) is 30.7 Å². The summed E-state index contributed by atoms with van der Waals surface area (Å²) in [6.45, 7) is 3.85. The summed E-state index contributed by atoms with van der Waals surface area (Å²) in [5, 5.41) is 16.7. The van der Waals surface area contributed by atoms with Gasteiger partial charge in [-0.25, -0.2) is 19.0 Å². The monoisotopic (exact) mass is 479 g/mol. The Balaban J connectivity index is 1.89. The molecule has 0 aliphatic rings. The maximum Gasteiger partial charge on any atom is 0.359 e. The Hall–Kier alpha value is -3.98. The Morgan fingerprint density at radius 3 is 2.50 bits per heavy atom. The third-order valence-corrected chi connectivity index (χ3v) is 5.63. The molecule has 2 heterocycles. The molecule has 0 aliphatic carbocycles. The van der Waals surface area contributed by atoms with Crippen LogP contribution in [0.5, 0.6) is 0 Å². The molecule has 9 nitrogen and oxygen atoms in total. The number of imidazole rings is 1. The maximum atomic E-state index is 12.9. The highest BCUT2D eigenvalue weighted by atomic mass is 35.5. The standard InChI is InChI=1S/C24H22ClN5O4/c1-3-34-24(31)22-20(13-14-28-16(2)26-15-21(28)30(32)33)23(17-9-11-18(25)12-10-17)29(27-22)19-7-5-4-6-8-19/h4-12,15H,3,13-14H2,1-2H3. The van der Waals surface area contributed by atoms with Crippen molar-refractivity contribution in [3.8, 4) is 16.9 Å². The molecule has 34 heavy (non-hydrogen) atoms. The van der Waals surface area contributed by atoms with Crippen LogP contribution < -0.4 is 0 Å². The van der Waals surface area contributed by atoms with Crippen molar-refractivity contribution >= 4 is 23.4 Å². The summed E-state index contributed by atoms with van der Waals surface area (Å²) >= 11 is 6.12. The summed E-state index contributed by atoms with van der Waals surface area (Å²) in [7, 11) is 0. The van der Waals surface area contributed by atoms with Crippen molar-refractivity contribution in [2.24, 2.45) is 0 Å². The van der Waals surface area contributed by atoms with Crippen molar-refractivity contribution in [1.29, 1.82) is 0 Å². The number of hydrogen-bond acceptors (Lipinski definition) is 6. The second-order valence-corrected chi connectivity index (χ2v) is 7.91. The Bertz CT molecular complexity index is 1330. The van der Waals surface area contributed by atoms with Gasteiger partial charge in [0.05, 0.1) is 24.5 Å². The number of hydrogen-bond donors (Lipinski definition) is 0. The average Bonchev–Trinajstić information content (AvgIpc) is 3.39. The van der Waals surface area contributed by atoms with Gasteiger partial charge in [0, 0.05) is 29.5 Å².